The van der Waals surface area contributed by atoms with Crippen molar-refractivity contribution in [2.24, 2.45) is 5.92 Å². The van der Waals surface area contributed by atoms with Crippen LogP contribution >= 0.6 is 11.6 Å². The van der Waals surface area contributed by atoms with E-state index < -0.39 is 0 Å². The fourth-order valence-corrected chi connectivity index (χ4v) is 1.84. The molecule has 10 heavy (non-hydrogen) atoms. The van der Waals surface area contributed by atoms with Gasteiger partial charge in [-0.25, -0.2) is 0 Å². The Bertz CT molecular complexity index is 133. The summed E-state index contributed by atoms with van der Waals surface area (Å²) < 4.78 is 0. The molecule has 1 rings (SSSR count). The predicted octanol–water partition coefficient (Wildman–Crippen LogP) is 2.70. The topological polar surface area (TPSA) is 23.8 Å². The maximum absolute atomic E-state index is 8.41. The second-order valence-corrected chi connectivity index (χ2v) is 3.51. The fraction of sp³-hybridized carbons (Fsp3) is 0.875. The molecular formula is C8H12ClN. The third-order valence-electron chi connectivity index (χ3n) is 2.16. The van der Waals surface area contributed by atoms with Crippen LogP contribution in [0.4, 0.5) is 0 Å². The van der Waals surface area contributed by atoms with E-state index in [2.05, 4.69) is 6.07 Å². The van der Waals surface area contributed by atoms with Gasteiger partial charge in [-0.3, -0.25) is 0 Å². The van der Waals surface area contributed by atoms with Crippen LogP contribution in [0.3, 0.4) is 0 Å². The molecule has 56 valence electrons. The van der Waals surface area contributed by atoms with E-state index in [-0.39, 0.29) is 5.38 Å². The molecule has 1 aliphatic carbocycles. The molecule has 0 spiro atoms. The highest BCUT2D eigenvalue weighted by Gasteiger charge is 2.17. The summed E-state index contributed by atoms with van der Waals surface area (Å²) in [5, 5.41) is 8.17. The van der Waals surface area contributed by atoms with Crippen LogP contribution in [-0.4, -0.2) is 5.38 Å². The molecule has 0 aliphatic heterocycles. The van der Waals surface area contributed by atoms with Crippen molar-refractivity contribution in [2.75, 3.05) is 0 Å². The van der Waals surface area contributed by atoms with Crippen molar-refractivity contribution >= 4 is 11.6 Å². The first-order chi connectivity index (χ1) is 4.83. The minimum absolute atomic E-state index is 0.247. The molecule has 2 heteroatoms. The number of nitriles is 1. The van der Waals surface area contributed by atoms with E-state index in [4.69, 9.17) is 16.9 Å². The van der Waals surface area contributed by atoms with Gasteiger partial charge in [0.2, 0.25) is 0 Å². The van der Waals surface area contributed by atoms with Crippen molar-refractivity contribution in [2.45, 2.75) is 37.5 Å². The van der Waals surface area contributed by atoms with Crippen LogP contribution in [0.5, 0.6) is 0 Å². The molecule has 0 aromatic carbocycles. The number of rotatable bonds is 2. The maximum Gasteiger partial charge on any atom is 0.120 e. The molecule has 1 atom stereocenters. The quantitative estimate of drug-likeness (QED) is 0.566. The Morgan fingerprint density at radius 1 is 1.50 bits per heavy atom. The Morgan fingerprint density at radius 2 is 2.10 bits per heavy atom. The third-order valence-corrected chi connectivity index (χ3v) is 2.43. The zero-order valence-electron chi connectivity index (χ0n) is 6.02. The summed E-state index contributed by atoms with van der Waals surface area (Å²) >= 11 is 5.68. The van der Waals surface area contributed by atoms with Gasteiger partial charge in [-0.2, -0.15) is 5.26 Å². The molecule has 0 aromatic rings. The Labute approximate surface area is 67.0 Å². The van der Waals surface area contributed by atoms with Crippen molar-refractivity contribution < 1.29 is 0 Å². The van der Waals surface area contributed by atoms with Gasteiger partial charge in [0.25, 0.3) is 0 Å². The smallest absolute Gasteiger partial charge is 0.120 e. The van der Waals surface area contributed by atoms with Gasteiger partial charge in [0, 0.05) is 0 Å². The summed E-state index contributed by atoms with van der Waals surface area (Å²) in [4.78, 5) is 0. The molecule has 0 aromatic heterocycles. The summed E-state index contributed by atoms with van der Waals surface area (Å²) in [7, 11) is 0. The van der Waals surface area contributed by atoms with E-state index in [0.717, 1.165) is 12.3 Å². The summed E-state index contributed by atoms with van der Waals surface area (Å²) in [6, 6.07) is 2.06. The molecule has 1 nitrogen and oxygen atoms in total. The summed E-state index contributed by atoms with van der Waals surface area (Å²) in [5.41, 5.74) is 0. The molecule has 1 fully saturated rings. The van der Waals surface area contributed by atoms with E-state index in [1.807, 2.05) is 0 Å². The van der Waals surface area contributed by atoms with Crippen LogP contribution in [0.1, 0.15) is 32.1 Å². The van der Waals surface area contributed by atoms with Gasteiger partial charge < -0.3 is 0 Å². The Balaban J connectivity index is 2.19. The standard InChI is InChI=1S/C8H12ClN/c9-8(6-10)5-7-3-1-2-4-7/h7-8H,1-5H2. The molecule has 0 amide bonds. The van der Waals surface area contributed by atoms with Gasteiger partial charge in [0.05, 0.1) is 6.07 Å². The van der Waals surface area contributed by atoms with Crippen molar-refractivity contribution in [1.82, 2.24) is 0 Å². The van der Waals surface area contributed by atoms with E-state index in [1.54, 1.807) is 0 Å². The van der Waals surface area contributed by atoms with E-state index in [0.29, 0.717) is 0 Å². The predicted molar refractivity (Wildman–Crippen MR) is 41.8 cm³/mol. The maximum atomic E-state index is 8.41. The first-order valence-electron chi connectivity index (χ1n) is 3.86. The van der Waals surface area contributed by atoms with Crippen LogP contribution in [0.15, 0.2) is 0 Å². The molecule has 0 heterocycles. The normalized spacial score (nSPS) is 22.4. The fourth-order valence-electron chi connectivity index (χ4n) is 1.59. The molecule has 1 saturated carbocycles. The molecular weight excluding hydrogens is 146 g/mol. The highest BCUT2D eigenvalue weighted by atomic mass is 35.5. The van der Waals surface area contributed by atoms with Gasteiger partial charge in [0.15, 0.2) is 0 Å². The minimum atomic E-state index is -0.247. The second-order valence-electron chi connectivity index (χ2n) is 2.98. The van der Waals surface area contributed by atoms with Crippen LogP contribution < -0.4 is 0 Å². The van der Waals surface area contributed by atoms with Crippen LogP contribution in [-0.2, 0) is 0 Å². The highest BCUT2D eigenvalue weighted by Crippen LogP contribution is 2.29. The lowest BCUT2D eigenvalue weighted by Gasteiger charge is -2.07. The number of alkyl halides is 1. The highest BCUT2D eigenvalue weighted by molar-refractivity contribution is 6.22. The van der Waals surface area contributed by atoms with Gasteiger partial charge in [0.1, 0.15) is 5.38 Å². The van der Waals surface area contributed by atoms with E-state index >= 15 is 0 Å². The minimum Gasteiger partial charge on any atom is -0.197 e. The zero-order chi connectivity index (χ0) is 7.40. The van der Waals surface area contributed by atoms with Gasteiger partial charge >= 0.3 is 0 Å². The Morgan fingerprint density at radius 3 is 2.60 bits per heavy atom. The number of hydrogen-bond acceptors (Lipinski definition) is 1. The molecule has 0 saturated heterocycles. The lowest BCUT2D eigenvalue weighted by Crippen LogP contribution is -2.02. The van der Waals surface area contributed by atoms with Crippen LogP contribution in [0.25, 0.3) is 0 Å². The van der Waals surface area contributed by atoms with Crippen LogP contribution in [0.2, 0.25) is 0 Å². The van der Waals surface area contributed by atoms with E-state index in [9.17, 15) is 0 Å². The number of hydrogen-bond donors (Lipinski definition) is 0. The number of nitrogens with zero attached hydrogens (tertiary/aromatic N) is 1. The van der Waals surface area contributed by atoms with Crippen molar-refractivity contribution in [1.29, 1.82) is 5.26 Å². The number of halogens is 1. The Hall–Kier alpha value is -0.220. The molecule has 1 unspecified atom stereocenters. The van der Waals surface area contributed by atoms with Crippen LogP contribution in [0, 0.1) is 17.2 Å². The average molecular weight is 158 g/mol. The largest absolute Gasteiger partial charge is 0.197 e. The van der Waals surface area contributed by atoms with Crippen molar-refractivity contribution in [3.05, 3.63) is 0 Å². The van der Waals surface area contributed by atoms with Crippen molar-refractivity contribution in [3.8, 4) is 6.07 Å². The summed E-state index contributed by atoms with van der Waals surface area (Å²) in [5.74, 6) is 0.738. The molecule has 0 radical (unpaired) electrons. The molecule has 0 N–H and O–H groups in total. The average Bonchev–Trinajstić information content (AvgIpc) is 2.40. The molecule has 1 aliphatic rings. The van der Waals surface area contributed by atoms with Crippen molar-refractivity contribution in [3.63, 3.8) is 0 Å². The molecule has 0 bridgehead atoms. The SMILES string of the molecule is N#CC(Cl)CC1CCCC1. The zero-order valence-corrected chi connectivity index (χ0v) is 6.77. The van der Waals surface area contributed by atoms with Gasteiger partial charge in [-0.05, 0) is 12.3 Å². The summed E-state index contributed by atoms with van der Waals surface area (Å²) in [6.07, 6.45) is 6.13. The van der Waals surface area contributed by atoms with E-state index in [1.165, 1.54) is 25.7 Å². The summed E-state index contributed by atoms with van der Waals surface area (Å²) in [6.45, 7) is 0. The second kappa shape index (κ2) is 3.83. The lowest BCUT2D eigenvalue weighted by molar-refractivity contribution is 0.514. The lowest BCUT2D eigenvalue weighted by atomic mass is 10.0. The van der Waals surface area contributed by atoms with Gasteiger partial charge in [-0.15, -0.1) is 11.6 Å². The first-order valence-corrected chi connectivity index (χ1v) is 4.30. The Kier molecular flexibility index (Phi) is 3.02. The third kappa shape index (κ3) is 2.19. The monoisotopic (exact) mass is 157 g/mol. The van der Waals surface area contributed by atoms with Gasteiger partial charge in [-0.1, -0.05) is 25.7 Å². The first kappa shape index (κ1) is 7.88.